The van der Waals surface area contributed by atoms with Crippen molar-refractivity contribution in [2.24, 2.45) is 0 Å². The molecule has 0 radical (unpaired) electrons. The number of ether oxygens (including phenoxy) is 1. The van der Waals surface area contributed by atoms with E-state index in [-0.39, 0.29) is 6.04 Å². The van der Waals surface area contributed by atoms with E-state index in [9.17, 15) is 23.4 Å². The molecular weight excluding hydrogens is 432 g/mol. The number of benzene rings is 2. The number of aryl methyl sites for hydroxylation is 1. The van der Waals surface area contributed by atoms with Crippen LogP contribution in [0.15, 0.2) is 47.4 Å². The number of carbonyl (C=O) groups excluding carboxylic acids is 1. The second kappa shape index (κ2) is 8.28. The summed E-state index contributed by atoms with van der Waals surface area (Å²) in [5.74, 6) is -0.410. The summed E-state index contributed by atoms with van der Waals surface area (Å²) in [7, 11) is -3.18. The molecule has 1 aliphatic heterocycles. The van der Waals surface area contributed by atoms with Gasteiger partial charge in [-0.05, 0) is 80.9 Å². The standard InChI is InChI=1S/C23H27BFNO5S/c1-22(2,3)31-21(27)26-13-12-23(32(30)18-8-6-17(25)7-9-18)19-10-5-16(24(28)29)14-15(19)4-11-20(23)26/h5-10,14,20,28-29H,4,11-13H2,1-3H3. The van der Waals surface area contributed by atoms with E-state index in [2.05, 4.69) is 0 Å². The van der Waals surface area contributed by atoms with E-state index in [0.717, 1.165) is 11.1 Å². The molecule has 0 saturated carbocycles. The molecule has 0 aromatic heterocycles. The lowest BCUT2D eigenvalue weighted by Crippen LogP contribution is -2.51. The number of rotatable bonds is 3. The Morgan fingerprint density at radius 3 is 2.53 bits per heavy atom. The molecule has 1 saturated heterocycles. The number of amides is 1. The Hall–Kier alpha value is -2.23. The van der Waals surface area contributed by atoms with Crippen LogP contribution in [0.4, 0.5) is 9.18 Å². The van der Waals surface area contributed by atoms with Crippen LogP contribution in [0.1, 0.15) is 44.7 Å². The van der Waals surface area contributed by atoms with Gasteiger partial charge in [0.05, 0.1) is 21.6 Å². The molecule has 3 atom stereocenters. The highest BCUT2D eigenvalue weighted by atomic mass is 32.2. The smallest absolute Gasteiger partial charge is 0.444 e. The molecule has 1 heterocycles. The van der Waals surface area contributed by atoms with Gasteiger partial charge in [-0.25, -0.2) is 9.18 Å². The molecule has 6 nitrogen and oxygen atoms in total. The molecule has 32 heavy (non-hydrogen) atoms. The van der Waals surface area contributed by atoms with Gasteiger partial charge in [-0.3, -0.25) is 4.21 Å². The zero-order valence-corrected chi connectivity index (χ0v) is 19.2. The van der Waals surface area contributed by atoms with E-state index in [0.29, 0.717) is 36.2 Å². The minimum Gasteiger partial charge on any atom is -0.444 e. The minimum absolute atomic E-state index is 0.361. The normalized spacial score (nSPS) is 23.3. The highest BCUT2D eigenvalue weighted by Gasteiger charge is 2.57. The summed E-state index contributed by atoms with van der Waals surface area (Å²) in [6.45, 7) is 5.81. The van der Waals surface area contributed by atoms with E-state index in [1.165, 1.54) is 24.3 Å². The molecule has 170 valence electrons. The molecule has 1 amide bonds. The Labute approximate surface area is 190 Å². The Kier molecular flexibility index (Phi) is 5.94. The van der Waals surface area contributed by atoms with Crippen LogP contribution < -0.4 is 5.46 Å². The predicted octanol–water partition coefficient (Wildman–Crippen LogP) is 2.46. The van der Waals surface area contributed by atoms with E-state index >= 15 is 0 Å². The van der Waals surface area contributed by atoms with Gasteiger partial charge in [0.25, 0.3) is 0 Å². The fourth-order valence-electron chi connectivity index (χ4n) is 4.87. The van der Waals surface area contributed by atoms with E-state index < -0.39 is 40.2 Å². The van der Waals surface area contributed by atoms with Crippen molar-refractivity contribution in [3.05, 3.63) is 59.4 Å². The molecule has 1 fully saturated rings. The molecule has 2 aliphatic rings. The van der Waals surface area contributed by atoms with Gasteiger partial charge in [-0.1, -0.05) is 18.2 Å². The van der Waals surface area contributed by atoms with Gasteiger partial charge in [-0.15, -0.1) is 0 Å². The SMILES string of the molecule is CC(C)(C)OC(=O)N1CCC2(S(=O)c3ccc(F)cc3)c3ccc(B(O)O)cc3CCC12. The summed E-state index contributed by atoms with van der Waals surface area (Å²) in [5, 5.41) is 19.2. The highest BCUT2D eigenvalue weighted by Crippen LogP contribution is 2.51. The van der Waals surface area contributed by atoms with Gasteiger partial charge in [0.15, 0.2) is 0 Å². The lowest BCUT2D eigenvalue weighted by atomic mass is 9.73. The Morgan fingerprint density at radius 1 is 1.22 bits per heavy atom. The molecule has 0 bridgehead atoms. The molecule has 9 heteroatoms. The number of hydrogen-bond acceptors (Lipinski definition) is 5. The van der Waals surface area contributed by atoms with Crippen molar-refractivity contribution in [3.8, 4) is 0 Å². The second-order valence-electron chi connectivity index (χ2n) is 9.38. The largest absolute Gasteiger partial charge is 0.488 e. The van der Waals surface area contributed by atoms with Crippen molar-refractivity contribution in [1.29, 1.82) is 0 Å². The number of halogens is 1. The zero-order chi connectivity index (χ0) is 23.3. The summed E-state index contributed by atoms with van der Waals surface area (Å²) in [6.07, 6.45) is 1.17. The van der Waals surface area contributed by atoms with Crippen LogP contribution in [0, 0.1) is 5.82 Å². The van der Waals surface area contributed by atoms with Crippen LogP contribution in [0.5, 0.6) is 0 Å². The summed E-state index contributed by atoms with van der Waals surface area (Å²) in [4.78, 5) is 15.2. The molecule has 2 N–H and O–H groups in total. The number of carbonyl (C=O) groups is 1. The second-order valence-corrected chi connectivity index (χ2v) is 11.1. The van der Waals surface area contributed by atoms with Gasteiger partial charge < -0.3 is 19.7 Å². The van der Waals surface area contributed by atoms with Crippen LogP contribution in [0.25, 0.3) is 0 Å². The third-order valence-electron chi connectivity index (χ3n) is 6.20. The maximum atomic E-state index is 14.1. The van der Waals surface area contributed by atoms with Crippen molar-refractivity contribution in [2.45, 2.75) is 61.3 Å². The van der Waals surface area contributed by atoms with Crippen LogP contribution in [-0.4, -0.2) is 50.6 Å². The average molecular weight is 459 g/mol. The van der Waals surface area contributed by atoms with Gasteiger partial charge in [0, 0.05) is 11.4 Å². The number of hydrogen-bond donors (Lipinski definition) is 2. The molecule has 1 aliphatic carbocycles. The fraction of sp³-hybridized carbons (Fsp3) is 0.435. The first kappa shape index (κ1) is 23.0. The Bertz CT molecular complexity index is 1060. The highest BCUT2D eigenvalue weighted by molar-refractivity contribution is 7.86. The maximum Gasteiger partial charge on any atom is 0.488 e. The van der Waals surface area contributed by atoms with Crippen molar-refractivity contribution < 1.29 is 28.2 Å². The lowest BCUT2D eigenvalue weighted by molar-refractivity contribution is 0.0202. The van der Waals surface area contributed by atoms with Crippen molar-refractivity contribution in [1.82, 2.24) is 4.90 Å². The quantitative estimate of drug-likeness (QED) is 0.689. The van der Waals surface area contributed by atoms with Crippen molar-refractivity contribution >= 4 is 29.5 Å². The minimum atomic E-state index is -1.60. The average Bonchev–Trinajstić information content (AvgIpc) is 3.13. The Morgan fingerprint density at radius 2 is 1.91 bits per heavy atom. The topological polar surface area (TPSA) is 87.1 Å². The number of nitrogens with zero attached hydrogens (tertiary/aromatic N) is 1. The molecule has 4 rings (SSSR count). The first-order valence-corrected chi connectivity index (χ1v) is 11.8. The summed E-state index contributed by atoms with van der Waals surface area (Å²) in [6, 6.07) is 10.4. The summed E-state index contributed by atoms with van der Waals surface area (Å²) < 4.78 is 32.3. The molecule has 3 unspecified atom stereocenters. The van der Waals surface area contributed by atoms with E-state index in [1.54, 1.807) is 23.1 Å². The van der Waals surface area contributed by atoms with Gasteiger partial charge in [0.2, 0.25) is 0 Å². The maximum absolute atomic E-state index is 14.1. The third-order valence-corrected chi connectivity index (χ3v) is 8.25. The zero-order valence-electron chi connectivity index (χ0n) is 18.4. The number of likely N-dealkylation sites (tertiary alicyclic amines) is 1. The number of fused-ring (bicyclic) bond motifs is 3. The summed E-state index contributed by atoms with van der Waals surface area (Å²) >= 11 is 0. The third kappa shape index (κ3) is 3.98. The van der Waals surface area contributed by atoms with Crippen LogP contribution >= 0.6 is 0 Å². The predicted molar refractivity (Wildman–Crippen MR) is 120 cm³/mol. The fourth-order valence-corrected chi connectivity index (χ4v) is 6.85. The Balaban J connectivity index is 1.82. The monoisotopic (exact) mass is 459 g/mol. The molecule has 2 aromatic rings. The first-order chi connectivity index (χ1) is 15.0. The van der Waals surface area contributed by atoms with E-state index in [1.807, 2.05) is 20.8 Å². The molecule has 0 spiro atoms. The van der Waals surface area contributed by atoms with Crippen molar-refractivity contribution in [2.75, 3.05) is 6.54 Å². The van der Waals surface area contributed by atoms with Crippen molar-refractivity contribution in [3.63, 3.8) is 0 Å². The van der Waals surface area contributed by atoms with Crippen LogP contribution in [0.2, 0.25) is 0 Å². The van der Waals surface area contributed by atoms with Gasteiger partial charge in [0.1, 0.15) is 11.4 Å². The van der Waals surface area contributed by atoms with E-state index in [4.69, 9.17) is 4.74 Å². The summed E-state index contributed by atoms with van der Waals surface area (Å²) in [5.41, 5.74) is 1.42. The molecule has 2 aromatic carbocycles. The first-order valence-electron chi connectivity index (χ1n) is 10.7. The van der Waals surface area contributed by atoms with Crippen LogP contribution in [-0.2, 0) is 26.7 Å². The van der Waals surface area contributed by atoms with Gasteiger partial charge in [-0.2, -0.15) is 0 Å². The van der Waals surface area contributed by atoms with Crippen LogP contribution in [0.3, 0.4) is 0 Å². The lowest BCUT2D eigenvalue weighted by Gasteiger charge is -2.42. The van der Waals surface area contributed by atoms with Gasteiger partial charge >= 0.3 is 13.2 Å². The molecular formula is C23H27BFNO5S.